The van der Waals surface area contributed by atoms with Crippen molar-refractivity contribution < 1.29 is 14.3 Å². The van der Waals surface area contributed by atoms with Gasteiger partial charge in [0.1, 0.15) is 5.52 Å². The highest BCUT2D eigenvalue weighted by atomic mass is 35.5. The molecule has 0 radical (unpaired) electrons. The molecule has 5 rings (SSSR count). The molecule has 2 aromatic carbocycles. The molecular formula is C27H15Cl3N2O3S. The first-order valence-electron chi connectivity index (χ1n) is 10.6. The largest absolute Gasteiger partial charge is 0.480 e. The summed E-state index contributed by atoms with van der Waals surface area (Å²) in [5.41, 5.74) is 5.16. The Hall–Kier alpha value is -3.29. The lowest BCUT2D eigenvalue weighted by molar-refractivity contribution is 0.111. The lowest BCUT2D eigenvalue weighted by atomic mass is 9.97. The molecule has 0 aliphatic heterocycles. The van der Waals surface area contributed by atoms with E-state index >= 15 is 0 Å². The Morgan fingerprint density at radius 3 is 2.17 bits per heavy atom. The molecular weight excluding hydrogens is 539 g/mol. The number of pyridine rings is 2. The van der Waals surface area contributed by atoms with Crippen LogP contribution in [0.4, 0.5) is 0 Å². The third-order valence-electron chi connectivity index (χ3n) is 5.69. The van der Waals surface area contributed by atoms with Crippen molar-refractivity contribution in [2.75, 3.05) is 7.11 Å². The van der Waals surface area contributed by atoms with Gasteiger partial charge in [0, 0.05) is 34.0 Å². The van der Waals surface area contributed by atoms with Gasteiger partial charge in [-0.25, -0.2) is 4.98 Å². The van der Waals surface area contributed by atoms with Crippen LogP contribution in [0.3, 0.4) is 0 Å². The minimum absolute atomic E-state index is 0.221. The van der Waals surface area contributed by atoms with E-state index in [1.165, 1.54) is 18.4 Å². The van der Waals surface area contributed by atoms with Gasteiger partial charge in [-0.15, -0.1) is 11.3 Å². The number of fused-ring (bicyclic) bond motifs is 1. The van der Waals surface area contributed by atoms with Crippen molar-refractivity contribution in [2.45, 2.75) is 0 Å². The highest BCUT2D eigenvalue weighted by Gasteiger charge is 2.18. The number of nitrogens with zero attached hydrogens (tertiary/aromatic N) is 2. The van der Waals surface area contributed by atoms with Crippen LogP contribution in [0.5, 0.6) is 5.88 Å². The van der Waals surface area contributed by atoms with Crippen LogP contribution in [0, 0.1) is 0 Å². The molecule has 0 aliphatic carbocycles. The highest BCUT2D eigenvalue weighted by molar-refractivity contribution is 7.21. The van der Waals surface area contributed by atoms with Gasteiger partial charge in [-0.2, -0.15) is 0 Å². The average Bonchev–Trinajstić information content (AvgIpc) is 3.23. The Morgan fingerprint density at radius 1 is 0.833 bits per heavy atom. The number of carbonyl (C=O) groups excluding carboxylic acids is 2. The van der Waals surface area contributed by atoms with Gasteiger partial charge >= 0.3 is 0 Å². The van der Waals surface area contributed by atoms with Crippen LogP contribution < -0.4 is 4.74 Å². The lowest BCUT2D eigenvalue weighted by Gasteiger charge is -2.14. The zero-order valence-electron chi connectivity index (χ0n) is 18.6. The van der Waals surface area contributed by atoms with E-state index in [-0.39, 0.29) is 5.88 Å². The van der Waals surface area contributed by atoms with Crippen molar-refractivity contribution in [3.8, 4) is 39.4 Å². The number of aromatic nitrogens is 2. The second-order valence-electron chi connectivity index (χ2n) is 7.72. The smallest absolute Gasteiger partial charge is 0.224 e. The van der Waals surface area contributed by atoms with Gasteiger partial charge in [-0.3, -0.25) is 14.6 Å². The first-order valence-corrected chi connectivity index (χ1v) is 12.5. The number of halogens is 3. The lowest BCUT2D eigenvalue weighted by Crippen LogP contribution is -1.96. The van der Waals surface area contributed by atoms with E-state index in [4.69, 9.17) is 39.5 Å². The normalized spacial score (nSPS) is 11.0. The minimum Gasteiger partial charge on any atom is -0.480 e. The van der Waals surface area contributed by atoms with Crippen LogP contribution in [0.25, 0.3) is 43.7 Å². The SMILES string of the molecule is COc1nc(-c2cccc(-c3cccc(-c4cnc5c(Cl)c(C=O)sc5c4)c3Cl)c2Cl)ccc1C=O. The fourth-order valence-corrected chi connectivity index (χ4v) is 5.88. The van der Waals surface area contributed by atoms with Gasteiger partial charge in [0.05, 0.1) is 43.0 Å². The molecule has 5 nitrogen and oxygen atoms in total. The summed E-state index contributed by atoms with van der Waals surface area (Å²) in [6.45, 7) is 0. The van der Waals surface area contributed by atoms with Crippen LogP contribution in [-0.4, -0.2) is 29.7 Å². The molecule has 5 aromatic rings. The van der Waals surface area contributed by atoms with E-state index in [0.717, 1.165) is 33.2 Å². The summed E-state index contributed by atoms with van der Waals surface area (Å²) in [6.07, 6.45) is 3.10. The van der Waals surface area contributed by atoms with Crippen molar-refractivity contribution in [2.24, 2.45) is 0 Å². The van der Waals surface area contributed by atoms with Gasteiger partial charge in [0.25, 0.3) is 0 Å². The van der Waals surface area contributed by atoms with Gasteiger partial charge in [0.15, 0.2) is 12.6 Å². The van der Waals surface area contributed by atoms with Gasteiger partial charge in [-0.1, -0.05) is 71.2 Å². The number of rotatable bonds is 6. The Labute approximate surface area is 225 Å². The maximum Gasteiger partial charge on any atom is 0.224 e. The van der Waals surface area contributed by atoms with Crippen molar-refractivity contribution >= 4 is 68.9 Å². The molecule has 3 aromatic heterocycles. The van der Waals surface area contributed by atoms with Crippen LogP contribution in [-0.2, 0) is 0 Å². The van der Waals surface area contributed by atoms with E-state index in [9.17, 15) is 9.59 Å². The number of carbonyl (C=O) groups is 2. The molecule has 0 amide bonds. The Morgan fingerprint density at radius 2 is 1.50 bits per heavy atom. The second kappa shape index (κ2) is 9.99. The molecule has 0 N–H and O–H groups in total. The third-order valence-corrected chi connectivity index (χ3v) is 8.05. The maximum absolute atomic E-state index is 11.3. The van der Waals surface area contributed by atoms with Crippen molar-refractivity contribution in [3.63, 3.8) is 0 Å². The molecule has 0 unspecified atom stereocenters. The summed E-state index contributed by atoms with van der Waals surface area (Å²) < 4.78 is 6.04. The molecule has 0 saturated heterocycles. The van der Waals surface area contributed by atoms with Crippen molar-refractivity contribution in [1.82, 2.24) is 9.97 Å². The number of benzene rings is 2. The molecule has 0 saturated carbocycles. The summed E-state index contributed by atoms with van der Waals surface area (Å²) in [4.78, 5) is 31.9. The molecule has 0 fully saturated rings. The average molecular weight is 554 g/mol. The van der Waals surface area contributed by atoms with Crippen LogP contribution in [0.1, 0.15) is 20.0 Å². The predicted molar refractivity (Wildman–Crippen MR) is 146 cm³/mol. The topological polar surface area (TPSA) is 69.2 Å². The first kappa shape index (κ1) is 24.4. The zero-order valence-corrected chi connectivity index (χ0v) is 21.7. The fourth-order valence-electron chi connectivity index (χ4n) is 3.95. The number of aldehydes is 2. The van der Waals surface area contributed by atoms with Crippen LogP contribution >= 0.6 is 46.1 Å². The predicted octanol–water partition coefficient (Wildman–Crippen LogP) is 8.29. The van der Waals surface area contributed by atoms with Crippen molar-refractivity contribution in [3.05, 3.63) is 86.3 Å². The molecule has 0 atom stereocenters. The molecule has 0 bridgehead atoms. The first-order chi connectivity index (χ1) is 17.5. The molecule has 3 heterocycles. The van der Waals surface area contributed by atoms with Gasteiger partial charge in [0.2, 0.25) is 5.88 Å². The molecule has 36 heavy (non-hydrogen) atoms. The quantitative estimate of drug-likeness (QED) is 0.198. The number of thiophene rings is 1. The summed E-state index contributed by atoms with van der Waals surface area (Å²) in [6, 6.07) is 16.5. The summed E-state index contributed by atoms with van der Waals surface area (Å²) >= 11 is 21.3. The standard InChI is InChI=1S/C27H15Cl3N2O3S/c1-35-27-14(12-33)8-9-20(32-27)19-7-3-6-18(24(19)29)17-5-2-4-16(23(17)28)15-10-21-26(31-11-15)25(30)22(13-34)36-21/h2-13H,1H3. The molecule has 9 heteroatoms. The molecule has 178 valence electrons. The second-order valence-corrected chi connectivity index (χ2v) is 9.93. The van der Waals surface area contributed by atoms with Gasteiger partial charge < -0.3 is 4.74 Å². The molecule has 0 spiro atoms. The van der Waals surface area contributed by atoms with Gasteiger partial charge in [-0.05, 0) is 18.2 Å². The summed E-state index contributed by atoms with van der Waals surface area (Å²) in [7, 11) is 1.46. The summed E-state index contributed by atoms with van der Waals surface area (Å²) in [5, 5.41) is 1.31. The van der Waals surface area contributed by atoms with E-state index in [0.29, 0.717) is 48.6 Å². The van der Waals surface area contributed by atoms with E-state index < -0.39 is 0 Å². The van der Waals surface area contributed by atoms with E-state index in [2.05, 4.69) is 9.97 Å². The Balaban J connectivity index is 1.62. The number of hydrogen-bond donors (Lipinski definition) is 0. The minimum atomic E-state index is 0.221. The van der Waals surface area contributed by atoms with E-state index in [1.54, 1.807) is 18.3 Å². The van der Waals surface area contributed by atoms with Crippen molar-refractivity contribution in [1.29, 1.82) is 0 Å². The Kier molecular flexibility index (Phi) is 6.77. The zero-order chi connectivity index (χ0) is 25.4. The Bertz CT molecular complexity index is 1670. The number of methoxy groups -OCH3 is 1. The monoisotopic (exact) mass is 552 g/mol. The molecule has 0 aliphatic rings. The van der Waals surface area contributed by atoms with Crippen LogP contribution in [0.15, 0.2) is 60.8 Å². The summed E-state index contributed by atoms with van der Waals surface area (Å²) in [5.74, 6) is 0.221. The van der Waals surface area contributed by atoms with E-state index in [1.807, 2.05) is 42.5 Å². The number of ether oxygens (including phenoxy) is 1. The van der Waals surface area contributed by atoms with Crippen LogP contribution in [0.2, 0.25) is 15.1 Å². The highest BCUT2D eigenvalue weighted by Crippen LogP contribution is 2.43. The maximum atomic E-state index is 11.3. The fraction of sp³-hybridized carbons (Fsp3) is 0.0370. The third kappa shape index (κ3) is 4.16. The number of hydrogen-bond acceptors (Lipinski definition) is 6.